The highest BCUT2D eigenvalue weighted by atomic mass is 35.5. The number of fused-ring (bicyclic) bond motifs is 1. The fourth-order valence-corrected chi connectivity index (χ4v) is 3.87. The van der Waals surface area contributed by atoms with Gasteiger partial charge in [0.25, 0.3) is 0 Å². The van der Waals surface area contributed by atoms with E-state index in [1.807, 2.05) is 13.8 Å². The van der Waals surface area contributed by atoms with Crippen LogP contribution in [0.3, 0.4) is 0 Å². The van der Waals surface area contributed by atoms with Crippen LogP contribution < -0.4 is 14.9 Å². The lowest BCUT2D eigenvalue weighted by molar-refractivity contribution is 0.143. The van der Waals surface area contributed by atoms with E-state index in [-0.39, 0.29) is 29.4 Å². The zero-order valence-electron chi connectivity index (χ0n) is 17.8. The summed E-state index contributed by atoms with van der Waals surface area (Å²) in [4.78, 5) is 24.1. The predicted octanol–water partition coefficient (Wildman–Crippen LogP) is 4.64. The Labute approximate surface area is 188 Å². The second-order valence-electron chi connectivity index (χ2n) is 7.66. The fraction of sp³-hybridized carbons (Fsp3) is 0.304. The minimum absolute atomic E-state index is 0.0236. The molecule has 0 amide bonds. The number of nitrogens with zero attached hydrogens (tertiary/aromatic N) is 1. The molecule has 2 N–H and O–H groups in total. The van der Waals surface area contributed by atoms with E-state index in [1.54, 1.807) is 22.8 Å². The van der Waals surface area contributed by atoms with E-state index in [0.717, 1.165) is 0 Å². The van der Waals surface area contributed by atoms with Crippen LogP contribution in [0.25, 0.3) is 10.9 Å². The number of rotatable bonds is 7. The highest BCUT2D eigenvalue weighted by Gasteiger charge is 2.22. The van der Waals surface area contributed by atoms with Crippen LogP contribution in [0.1, 0.15) is 31.0 Å². The maximum atomic E-state index is 14.5. The molecule has 2 aromatic carbocycles. The van der Waals surface area contributed by atoms with Crippen LogP contribution >= 0.6 is 11.6 Å². The van der Waals surface area contributed by atoms with Gasteiger partial charge in [-0.2, -0.15) is 0 Å². The van der Waals surface area contributed by atoms with Crippen LogP contribution in [0, 0.1) is 11.7 Å². The molecule has 32 heavy (non-hydrogen) atoms. The summed E-state index contributed by atoms with van der Waals surface area (Å²) in [6.07, 6.45) is -0.273. The smallest absolute Gasteiger partial charge is 0.496 e. The van der Waals surface area contributed by atoms with Gasteiger partial charge >= 0.3 is 6.16 Å². The zero-order chi connectivity index (χ0) is 23.6. The van der Waals surface area contributed by atoms with E-state index in [2.05, 4.69) is 0 Å². The summed E-state index contributed by atoms with van der Waals surface area (Å²) in [6.45, 7) is 3.52. The normalized spacial score (nSPS) is 12.2. The first kappa shape index (κ1) is 23.6. The Morgan fingerprint density at radius 2 is 1.94 bits per heavy atom. The topological polar surface area (TPSA) is 98.0 Å². The van der Waals surface area contributed by atoms with E-state index >= 15 is 0 Å². The molecular formula is C23H23ClFNO6. The molecule has 1 atom stereocenters. The molecule has 9 heteroatoms. The number of carboxylic acid groups (broad SMARTS) is 1. The minimum Gasteiger partial charge on any atom is -0.496 e. The van der Waals surface area contributed by atoms with Gasteiger partial charge in [0.05, 0.1) is 41.9 Å². The Morgan fingerprint density at radius 3 is 2.53 bits per heavy atom. The maximum absolute atomic E-state index is 14.5. The largest absolute Gasteiger partial charge is 0.511 e. The van der Waals surface area contributed by atoms with Crippen molar-refractivity contribution in [3.8, 4) is 11.5 Å². The molecule has 0 aliphatic rings. The molecule has 0 unspecified atom stereocenters. The predicted molar refractivity (Wildman–Crippen MR) is 119 cm³/mol. The average molecular weight is 464 g/mol. The first-order chi connectivity index (χ1) is 15.2. The zero-order valence-corrected chi connectivity index (χ0v) is 18.5. The average Bonchev–Trinajstić information content (AvgIpc) is 2.74. The SMILES string of the molecule is COc1cc2c(cc1Cc1cccc(Cl)c1F)c(=O)c(OC(=O)O)cn2[C@H](CO)C(C)C. The summed E-state index contributed by atoms with van der Waals surface area (Å²) >= 11 is 5.89. The van der Waals surface area contributed by atoms with E-state index in [9.17, 15) is 19.1 Å². The first-order valence-corrected chi connectivity index (χ1v) is 10.3. The summed E-state index contributed by atoms with van der Waals surface area (Å²) in [5.74, 6) is -0.613. The van der Waals surface area contributed by atoms with Crippen molar-refractivity contribution in [2.45, 2.75) is 26.3 Å². The number of methoxy groups -OCH3 is 1. The molecule has 0 aliphatic heterocycles. The Kier molecular flexibility index (Phi) is 7.06. The van der Waals surface area contributed by atoms with Gasteiger partial charge in [-0.05, 0) is 29.2 Å². The maximum Gasteiger partial charge on any atom is 0.511 e. The summed E-state index contributed by atoms with van der Waals surface area (Å²) in [5.41, 5.74) is 0.591. The van der Waals surface area contributed by atoms with Crippen molar-refractivity contribution in [2.24, 2.45) is 5.92 Å². The number of aliphatic hydroxyl groups is 1. The lowest BCUT2D eigenvalue weighted by atomic mass is 9.99. The highest BCUT2D eigenvalue weighted by molar-refractivity contribution is 6.30. The van der Waals surface area contributed by atoms with Gasteiger partial charge in [0.1, 0.15) is 11.6 Å². The minimum atomic E-state index is -1.63. The quantitative estimate of drug-likeness (QED) is 0.495. The Balaban J connectivity index is 2.30. The molecule has 0 radical (unpaired) electrons. The number of hydrogen-bond donors (Lipinski definition) is 2. The van der Waals surface area contributed by atoms with E-state index in [4.69, 9.17) is 26.2 Å². The molecule has 0 bridgehead atoms. The van der Waals surface area contributed by atoms with Gasteiger partial charge < -0.3 is 24.3 Å². The van der Waals surface area contributed by atoms with Gasteiger partial charge in [0, 0.05) is 12.5 Å². The molecule has 0 saturated heterocycles. The van der Waals surface area contributed by atoms with Crippen molar-refractivity contribution in [1.29, 1.82) is 0 Å². The molecule has 0 aliphatic carbocycles. The fourth-order valence-electron chi connectivity index (χ4n) is 3.68. The number of aromatic nitrogens is 1. The van der Waals surface area contributed by atoms with Crippen molar-refractivity contribution in [3.05, 3.63) is 68.7 Å². The molecule has 3 aromatic rings. The van der Waals surface area contributed by atoms with Crippen molar-refractivity contribution < 1.29 is 28.9 Å². The van der Waals surface area contributed by atoms with E-state index in [1.165, 1.54) is 25.4 Å². The Morgan fingerprint density at radius 1 is 1.22 bits per heavy atom. The second-order valence-corrected chi connectivity index (χ2v) is 8.07. The number of benzene rings is 2. The van der Waals surface area contributed by atoms with Crippen LogP contribution in [-0.2, 0) is 6.42 Å². The molecule has 3 rings (SSSR count). The molecule has 0 fully saturated rings. The number of ether oxygens (including phenoxy) is 2. The number of hydrogen-bond acceptors (Lipinski definition) is 5. The lowest BCUT2D eigenvalue weighted by Crippen LogP contribution is -2.23. The molecule has 0 saturated carbocycles. The van der Waals surface area contributed by atoms with E-state index < -0.39 is 29.2 Å². The van der Waals surface area contributed by atoms with Crippen molar-refractivity contribution >= 4 is 28.7 Å². The molecule has 1 aromatic heterocycles. The van der Waals surface area contributed by atoms with Crippen molar-refractivity contribution in [2.75, 3.05) is 13.7 Å². The van der Waals surface area contributed by atoms with Crippen LogP contribution in [0.2, 0.25) is 5.02 Å². The Bertz CT molecular complexity index is 1220. The molecule has 170 valence electrons. The van der Waals surface area contributed by atoms with Gasteiger partial charge in [-0.3, -0.25) is 4.79 Å². The number of carbonyl (C=O) groups is 1. The second kappa shape index (κ2) is 9.58. The molecule has 1 heterocycles. The molecular weight excluding hydrogens is 441 g/mol. The van der Waals surface area contributed by atoms with Crippen molar-refractivity contribution in [1.82, 2.24) is 4.57 Å². The third-order valence-corrected chi connectivity index (χ3v) is 5.62. The molecule has 0 spiro atoms. The monoisotopic (exact) mass is 463 g/mol. The number of halogens is 2. The summed E-state index contributed by atoms with van der Waals surface area (Å²) in [5, 5.41) is 19.1. The summed E-state index contributed by atoms with van der Waals surface area (Å²) in [6, 6.07) is 7.31. The van der Waals surface area contributed by atoms with Crippen molar-refractivity contribution in [3.63, 3.8) is 0 Å². The lowest BCUT2D eigenvalue weighted by Gasteiger charge is -2.25. The van der Waals surface area contributed by atoms with Gasteiger partial charge in [-0.1, -0.05) is 37.6 Å². The van der Waals surface area contributed by atoms with Crippen LogP contribution in [0.15, 0.2) is 41.3 Å². The highest BCUT2D eigenvalue weighted by Crippen LogP contribution is 2.32. The van der Waals surface area contributed by atoms with Gasteiger partial charge in [-0.15, -0.1) is 0 Å². The van der Waals surface area contributed by atoms with Crippen LogP contribution in [0.5, 0.6) is 11.5 Å². The molecule has 7 nitrogen and oxygen atoms in total. The first-order valence-electron chi connectivity index (χ1n) is 9.88. The van der Waals surface area contributed by atoms with Gasteiger partial charge in [0.2, 0.25) is 5.43 Å². The number of pyridine rings is 1. The van der Waals surface area contributed by atoms with Crippen LogP contribution in [0.4, 0.5) is 9.18 Å². The third kappa shape index (κ3) is 4.56. The summed E-state index contributed by atoms with van der Waals surface area (Å²) < 4.78 is 26.3. The third-order valence-electron chi connectivity index (χ3n) is 5.33. The Hall–Kier alpha value is -3.10. The van der Waals surface area contributed by atoms with E-state index in [0.29, 0.717) is 22.4 Å². The van der Waals surface area contributed by atoms with Crippen LogP contribution in [-0.4, -0.2) is 34.7 Å². The van der Waals surface area contributed by atoms with Gasteiger partial charge in [-0.25, -0.2) is 9.18 Å². The summed E-state index contributed by atoms with van der Waals surface area (Å²) in [7, 11) is 1.45. The standard InChI is InChI=1S/C23H23ClFNO6/c1-12(2)18(11-27)26-10-20(32-23(29)30)22(28)15-8-14(19(31-3)9-17(15)26)7-13-5-4-6-16(24)21(13)25/h4-6,8-10,12,18,27H,7,11H2,1-3H3,(H,29,30)/t18-/m1/s1. The van der Waals surface area contributed by atoms with Gasteiger partial charge in [0.15, 0.2) is 5.75 Å². The number of aliphatic hydroxyl groups excluding tert-OH is 1.